The second-order valence-corrected chi connectivity index (χ2v) is 43.4. The number of hydrogen-bond acceptors (Lipinski definition) is 4. The van der Waals surface area contributed by atoms with Gasteiger partial charge in [-0.15, -0.1) is 0 Å². The molecule has 4 aliphatic rings. The molecule has 20 aromatic rings. The Labute approximate surface area is 877 Å². The first kappa shape index (κ1) is 99.4. The quantitative estimate of drug-likeness (QED) is 0.0756. The first-order valence-electron chi connectivity index (χ1n) is 54.1. The summed E-state index contributed by atoms with van der Waals surface area (Å²) in [4.78, 5) is 15.7. The van der Waals surface area contributed by atoms with Crippen LogP contribution in [0.3, 0.4) is 0 Å². The van der Waals surface area contributed by atoms with Crippen molar-refractivity contribution in [1.82, 2.24) is 0 Å². The van der Waals surface area contributed by atoms with E-state index in [1.54, 1.807) is 0 Å². The molecule has 4 saturated carbocycles. The number of fused-ring (bicyclic) bond motifs is 12. The third-order valence-electron chi connectivity index (χ3n) is 33.9. The van der Waals surface area contributed by atoms with Crippen molar-refractivity contribution < 1.29 is 35.9 Å². The van der Waals surface area contributed by atoms with Crippen molar-refractivity contribution in [3.63, 3.8) is 0 Å². The van der Waals surface area contributed by atoms with E-state index in [0.717, 1.165) is 207 Å². The van der Waals surface area contributed by atoms with E-state index >= 15 is 0 Å². The molecule has 4 aliphatic carbocycles. The lowest BCUT2D eigenvalue weighted by Crippen LogP contribution is -2.36. The summed E-state index contributed by atoms with van der Waals surface area (Å²) >= 11 is 0. The van der Waals surface area contributed by atoms with Gasteiger partial charge in [-0.25, -0.2) is 19.4 Å². The van der Waals surface area contributed by atoms with Crippen molar-refractivity contribution >= 4 is 111 Å². The van der Waals surface area contributed by atoms with Crippen LogP contribution in [0.25, 0.3) is 197 Å². The van der Waals surface area contributed by atoms with Gasteiger partial charge < -0.3 is 17.7 Å². The van der Waals surface area contributed by atoms with Crippen LogP contribution in [0.1, 0.15) is 211 Å². The van der Waals surface area contributed by atoms with E-state index < -0.39 is 0 Å². The zero-order valence-electron chi connectivity index (χ0n) is 89.5. The molecule has 8 aromatic heterocycles. The summed E-state index contributed by atoms with van der Waals surface area (Å²) in [6.07, 6.45) is 27.8. The minimum absolute atomic E-state index is 0.661. The van der Waals surface area contributed by atoms with E-state index in [1.165, 1.54) is 212 Å². The monoisotopic (exact) mass is 1960 g/mol. The number of aromatic nitrogens is 4. The molecule has 12 aromatic carbocycles. The fraction of sp³-hybridized carbons (Fsp3) is 0.299. The molecular formula is C137H134N8O4+4. The summed E-state index contributed by atoms with van der Waals surface area (Å²) in [7, 11) is 8.68. The Morgan fingerprint density at radius 3 is 0.819 bits per heavy atom. The SMILES string of the molecule is [C-]#[N+]c1c(C)cc2c(oc3c(-c4cc(CC5CCCC5)cc(C)[n+]4C)c(C)ccc32)c1-c1ccccc1.[C-]#[N+]c1c(C)cc2c(oc3c(-c4cc(CC5CCCCC5)cc(C)[n+]4C)c(C)ccc32)c1-c1ccccc1.[C-]#[N+]c1c(C)cc2c(oc3c(-c4ccc(C5CCCCC5)c(C)[n+]4C)c(C)ccc32)c1-c1ccccc1.[C-]#[N+]c1c(C)cc2c(oc3c(-c4ccc(CC5CCCC5)c(C)[n+]4C)c(C)ccc32)c1-c1ccccc1. The fourth-order valence-corrected chi connectivity index (χ4v) is 25.5. The van der Waals surface area contributed by atoms with E-state index in [1.807, 2.05) is 100 Å². The second kappa shape index (κ2) is 42.0. The molecule has 0 aliphatic heterocycles. The topological polar surface area (TPSA) is 85.5 Å². The Hall–Kier alpha value is -15.6. The summed E-state index contributed by atoms with van der Waals surface area (Å²) in [6, 6.07) is 85.6. The van der Waals surface area contributed by atoms with Crippen molar-refractivity contribution in [1.29, 1.82) is 0 Å². The molecule has 0 N–H and O–H groups in total. The Balaban J connectivity index is 0.000000116. The first-order valence-corrected chi connectivity index (χ1v) is 54.1. The van der Waals surface area contributed by atoms with Crippen molar-refractivity contribution in [2.45, 2.75) is 224 Å². The van der Waals surface area contributed by atoms with Gasteiger partial charge in [-0.3, -0.25) is 0 Å². The predicted molar refractivity (Wildman–Crippen MR) is 612 cm³/mol. The number of rotatable bonds is 15. The standard InChI is InChI=1S/C35H35N2O.3C34H33N2O/c1-22-16-17-28-29-18-23(2)33(36-4)32(27-14-10-7-11-15-27)35(29)38-34(28)31(22)30-21-26(19-24(3)37(30)5)20-25-12-8-6-9-13-25;1-21-16-17-27-28-20-22(2)32(35-4)31(25-14-10-7-11-15-25)34(28)37-33(27)30(21)29-19-18-26(23(3)36(29)5)24-12-8-6-9-13-24;1-21-15-17-27-28-19-22(2)32(35-4)31(25-13-7-6-8-14-25)34(28)37-33(27)30(21)29-18-16-26(23(3)36(29)5)20-24-11-9-10-12-24;1-21-15-16-27-28-17-22(2)32(35-4)31(26-13-7-6-8-14-26)34(28)37-33(27)30(21)29-20-25(18-23(3)36(29)5)19-24-11-9-10-12-24/h7,10-11,14-19,21,25H,6,8-9,12-13,20H2,1-3,5H3;7,10-11,14-20,24H,6,8-9,12-13H2,1-3,5H3;6-8,13-19,24H,9-12,20H2,1-3,5H3;6-8,13-18,20,24H,9-12,19H2,1-3,5H3/q4*+1. The number of pyridine rings is 4. The molecule has 0 amide bonds. The van der Waals surface area contributed by atoms with E-state index in [-0.39, 0.29) is 0 Å². The minimum atomic E-state index is 0.661. The third kappa shape index (κ3) is 18.5. The maximum Gasteiger partial charge on any atom is 0.216 e. The number of nitrogens with zero attached hydrogens (tertiary/aromatic N) is 8. The Morgan fingerprint density at radius 2 is 0.510 bits per heavy atom. The number of benzene rings is 12. The molecule has 12 nitrogen and oxygen atoms in total. The largest absolute Gasteiger partial charge is 0.456 e. The molecule has 24 rings (SSSR count). The Kier molecular flexibility index (Phi) is 28.0. The molecule has 0 atom stereocenters. The molecule has 0 spiro atoms. The van der Waals surface area contributed by atoms with Gasteiger partial charge in [0.2, 0.25) is 45.5 Å². The van der Waals surface area contributed by atoms with E-state index in [4.69, 9.17) is 44.0 Å². The van der Waals surface area contributed by atoms with Crippen LogP contribution in [0.15, 0.2) is 260 Å². The van der Waals surface area contributed by atoms with Gasteiger partial charge in [0, 0.05) is 141 Å². The molecule has 0 saturated heterocycles. The van der Waals surface area contributed by atoms with Gasteiger partial charge in [-0.2, -0.15) is 18.3 Å². The molecule has 0 radical (unpaired) electrons. The van der Waals surface area contributed by atoms with Gasteiger partial charge in [0.05, 0.1) is 48.5 Å². The molecular weight excluding hydrogens is 1820 g/mol. The summed E-state index contributed by atoms with van der Waals surface area (Å²) in [5.41, 5.74) is 46.0. The third-order valence-corrected chi connectivity index (χ3v) is 33.9. The van der Waals surface area contributed by atoms with Gasteiger partial charge in [-0.1, -0.05) is 297 Å². The molecule has 742 valence electrons. The van der Waals surface area contributed by atoms with Gasteiger partial charge in [-0.05, 0) is 201 Å². The molecule has 149 heavy (non-hydrogen) atoms. The molecule has 12 heteroatoms. The molecule has 0 bridgehead atoms. The van der Waals surface area contributed by atoms with Crippen LogP contribution in [0.5, 0.6) is 0 Å². The zero-order chi connectivity index (χ0) is 103. The average Bonchev–Trinajstić information content (AvgIpc) is 1.59. The zero-order valence-corrected chi connectivity index (χ0v) is 89.5. The fourth-order valence-electron chi connectivity index (χ4n) is 25.5. The van der Waals surface area contributed by atoms with Crippen LogP contribution in [-0.4, -0.2) is 0 Å². The van der Waals surface area contributed by atoms with E-state index in [0.29, 0.717) is 28.7 Å². The highest BCUT2D eigenvalue weighted by atomic mass is 16.3. The maximum absolute atomic E-state index is 7.96. The van der Waals surface area contributed by atoms with E-state index in [2.05, 4.69) is 291 Å². The lowest BCUT2D eigenvalue weighted by Gasteiger charge is -2.22. The highest BCUT2D eigenvalue weighted by Gasteiger charge is 2.35. The average molecular weight is 1960 g/mol. The predicted octanol–water partition coefficient (Wildman–Crippen LogP) is 36.5. The normalized spacial score (nSPS) is 14.2. The lowest BCUT2D eigenvalue weighted by molar-refractivity contribution is -0.667. The summed E-state index contributed by atoms with van der Waals surface area (Å²) in [5.74, 6) is 3.07. The second-order valence-electron chi connectivity index (χ2n) is 43.4. The van der Waals surface area contributed by atoms with Crippen molar-refractivity contribution in [3.05, 3.63) is 378 Å². The van der Waals surface area contributed by atoms with Crippen LogP contribution in [0, 0.1) is 127 Å². The van der Waals surface area contributed by atoms with Crippen LogP contribution in [0.4, 0.5) is 22.7 Å². The smallest absolute Gasteiger partial charge is 0.216 e. The van der Waals surface area contributed by atoms with Crippen LogP contribution < -0.4 is 18.3 Å². The van der Waals surface area contributed by atoms with Crippen molar-refractivity contribution in [2.75, 3.05) is 0 Å². The summed E-state index contributed by atoms with van der Waals surface area (Å²) < 4.78 is 36.5. The maximum atomic E-state index is 7.96. The number of hydrogen-bond donors (Lipinski definition) is 0. The van der Waals surface area contributed by atoms with Gasteiger partial charge in [0.25, 0.3) is 0 Å². The van der Waals surface area contributed by atoms with E-state index in [9.17, 15) is 0 Å². The van der Waals surface area contributed by atoms with Crippen LogP contribution in [-0.2, 0) is 47.5 Å². The van der Waals surface area contributed by atoms with Gasteiger partial charge in [0.15, 0.2) is 22.8 Å². The first-order chi connectivity index (χ1) is 72.4. The minimum Gasteiger partial charge on any atom is -0.456 e. The Bertz CT molecular complexity index is 8860. The van der Waals surface area contributed by atoms with Crippen molar-refractivity contribution in [2.24, 2.45) is 45.9 Å². The lowest BCUT2D eigenvalue weighted by atomic mass is 9.83. The summed E-state index contributed by atoms with van der Waals surface area (Å²) in [6.45, 7) is 57.5. The van der Waals surface area contributed by atoms with Crippen LogP contribution >= 0.6 is 0 Å². The van der Waals surface area contributed by atoms with Crippen molar-refractivity contribution in [3.8, 4) is 89.5 Å². The van der Waals surface area contributed by atoms with Gasteiger partial charge in [0.1, 0.15) is 72.9 Å². The Morgan fingerprint density at radius 1 is 0.242 bits per heavy atom. The molecule has 8 heterocycles. The van der Waals surface area contributed by atoms with Gasteiger partial charge >= 0.3 is 0 Å². The molecule has 4 fully saturated rings. The molecule has 0 unspecified atom stereocenters. The van der Waals surface area contributed by atoms with Crippen LogP contribution in [0.2, 0.25) is 0 Å². The number of aryl methyl sites for hydroxylation is 10. The summed E-state index contributed by atoms with van der Waals surface area (Å²) in [5, 5.41) is 8.68. The number of furan rings is 4. The highest BCUT2D eigenvalue weighted by Crippen LogP contribution is 2.53. The highest BCUT2D eigenvalue weighted by molar-refractivity contribution is 6.20.